The second kappa shape index (κ2) is 14.9. The first-order valence-corrected chi connectivity index (χ1v) is 16.9. The predicted octanol–water partition coefficient (Wildman–Crippen LogP) is 1.60. The van der Waals surface area contributed by atoms with Crippen molar-refractivity contribution in [1.82, 2.24) is 10.0 Å². The quantitative estimate of drug-likeness (QED) is 0.0476. The number of hydrogen-bond acceptors (Lipinski definition) is 14. The second-order valence-corrected chi connectivity index (χ2v) is 13.8. The van der Waals surface area contributed by atoms with Gasteiger partial charge in [-0.2, -0.15) is 9.35 Å². The number of rotatable bonds is 16. The molecule has 0 aliphatic carbocycles. The van der Waals surface area contributed by atoms with E-state index in [1.54, 1.807) is 12.1 Å². The van der Waals surface area contributed by atoms with E-state index < -0.39 is 64.4 Å². The van der Waals surface area contributed by atoms with Gasteiger partial charge in [0.15, 0.2) is 28.5 Å². The van der Waals surface area contributed by atoms with Crippen molar-refractivity contribution >= 4 is 61.8 Å². The summed E-state index contributed by atoms with van der Waals surface area (Å²) in [4.78, 5) is 47.2. The summed E-state index contributed by atoms with van der Waals surface area (Å²) in [6, 6.07) is 11.0. The Morgan fingerprint density at radius 2 is 1.90 bits per heavy atom. The molecule has 2 atom stereocenters. The molecule has 3 heterocycles. The minimum Gasteiger partial charge on any atom is -0.724 e. The number of nitrogen functional groups attached to an aromatic ring is 1. The van der Waals surface area contributed by atoms with Crippen molar-refractivity contribution in [3.05, 3.63) is 58.3 Å². The number of aryl methyl sites for hydroxylation is 2. The molecule has 0 spiro atoms. The monoisotopic (exact) mass is 724 g/mol. The highest BCUT2D eigenvalue weighted by atomic mass is 35.5. The number of carbonyl (C=O) groups excluding carboxylic acids is 2. The van der Waals surface area contributed by atoms with Crippen molar-refractivity contribution < 1.29 is 50.9 Å². The van der Waals surface area contributed by atoms with Gasteiger partial charge >= 0.3 is 5.97 Å². The molecule has 4 rings (SSSR count). The highest BCUT2D eigenvalue weighted by Crippen LogP contribution is 2.41. The van der Waals surface area contributed by atoms with Gasteiger partial charge < -0.3 is 30.7 Å². The molecule has 1 fully saturated rings. The van der Waals surface area contributed by atoms with Crippen LogP contribution in [0.2, 0.25) is 4.34 Å². The number of carbonyl (C=O) groups is 3. The van der Waals surface area contributed by atoms with Crippen LogP contribution < -0.4 is 20.8 Å². The number of amides is 1. The summed E-state index contributed by atoms with van der Waals surface area (Å²) >= 11 is 7.02. The summed E-state index contributed by atoms with van der Waals surface area (Å²) in [5.74, 6) is -4.08. The summed E-state index contributed by atoms with van der Waals surface area (Å²) in [7, 11) is -3.30. The fourth-order valence-electron chi connectivity index (χ4n) is 4.87. The molecule has 1 aromatic carbocycles. The third kappa shape index (κ3) is 8.63. The van der Waals surface area contributed by atoms with Gasteiger partial charge in [-0.05, 0) is 50.6 Å². The maximum atomic E-state index is 13.4. The molecular formula is C29H33ClN6O10S2. The number of halogens is 1. The van der Waals surface area contributed by atoms with E-state index in [1.807, 2.05) is 42.1 Å². The number of ether oxygens (including phenoxy) is 1. The molecule has 258 valence electrons. The number of carboxylic acids is 1. The van der Waals surface area contributed by atoms with E-state index in [-0.39, 0.29) is 15.2 Å². The number of hydroxylamine groups is 2. The Hall–Kier alpha value is -4.20. The zero-order chi connectivity index (χ0) is 35.4. The molecule has 0 radical (unpaired) electrons. The van der Waals surface area contributed by atoms with Crippen LogP contribution in [0.5, 0.6) is 5.75 Å². The van der Waals surface area contributed by atoms with Crippen LogP contribution in [0.1, 0.15) is 38.1 Å². The summed E-state index contributed by atoms with van der Waals surface area (Å²) in [6.45, 7) is 2.85. The molecule has 48 heavy (non-hydrogen) atoms. The van der Waals surface area contributed by atoms with Crippen molar-refractivity contribution in [2.75, 3.05) is 18.9 Å². The maximum absolute atomic E-state index is 13.4. The maximum Gasteiger partial charge on any atom is 0.351 e. The molecule has 1 unspecified atom stereocenters. The molecule has 1 aliphatic rings. The molecule has 0 saturated carbocycles. The molecule has 2 aromatic heterocycles. The van der Waals surface area contributed by atoms with Gasteiger partial charge in [-0.25, -0.2) is 22.8 Å². The molecule has 19 heteroatoms. The molecule has 16 nitrogen and oxygen atoms in total. The number of nitrogens with zero attached hydrogens (tertiary/aromatic N) is 4. The topological polar surface area (TPSA) is 241 Å². The summed E-state index contributed by atoms with van der Waals surface area (Å²) in [5.41, 5.74) is 12.2. The first kappa shape index (κ1) is 36.6. The van der Waals surface area contributed by atoms with Gasteiger partial charge in [0.25, 0.3) is 12.0 Å². The largest absolute Gasteiger partial charge is 0.724 e. The van der Waals surface area contributed by atoms with E-state index in [9.17, 15) is 32.5 Å². The number of pyridine rings is 1. The van der Waals surface area contributed by atoms with Gasteiger partial charge in [-0.1, -0.05) is 40.2 Å². The minimum atomic E-state index is -5.26. The Kier molecular flexibility index (Phi) is 11.4. The van der Waals surface area contributed by atoms with E-state index in [2.05, 4.69) is 14.4 Å². The van der Waals surface area contributed by atoms with Crippen LogP contribution in [0.4, 0.5) is 5.13 Å². The lowest BCUT2D eigenvalue weighted by atomic mass is 9.74. The normalized spacial score (nSPS) is 16.7. The van der Waals surface area contributed by atoms with Crippen LogP contribution in [0.15, 0.2) is 47.8 Å². The van der Waals surface area contributed by atoms with Gasteiger partial charge in [0.1, 0.15) is 29.4 Å². The Labute approximate surface area is 284 Å². The van der Waals surface area contributed by atoms with E-state index in [0.29, 0.717) is 17.4 Å². The zero-order valence-corrected chi connectivity index (χ0v) is 28.4. The number of carboxylic acid groups (broad SMARTS) is 1. The van der Waals surface area contributed by atoms with E-state index in [0.717, 1.165) is 41.0 Å². The van der Waals surface area contributed by atoms with Gasteiger partial charge in [0.05, 0.1) is 11.5 Å². The standard InChI is InChI=1S/C29H33ClN6O10S2/c1-29(2)20(26(38)36(29)46-48(41,42)43)13-21(37)23(24-25(30)47-28(32)33-24)34-45-22(27(39)40)15-44-19-10-7-16(8-11-19)17-6-9-18(5-4-12-31)35(3)14-17/h6-11,14,20,22H,4-5,12-13,15,31H2,1-3H3,(H3-,32,33,39,40,41,42,43)/b34-23+/t20-,22?/m1/s1. The van der Waals surface area contributed by atoms with Crippen molar-refractivity contribution in [2.45, 2.75) is 44.8 Å². The van der Waals surface area contributed by atoms with Crippen LogP contribution >= 0.6 is 22.9 Å². The number of anilines is 1. The van der Waals surface area contributed by atoms with Crippen molar-refractivity contribution in [3.63, 3.8) is 0 Å². The van der Waals surface area contributed by atoms with Crippen LogP contribution in [-0.2, 0) is 47.4 Å². The fraction of sp³-hybridized carbons (Fsp3) is 0.379. The number of nitrogens with two attached hydrogens (primary N) is 2. The number of benzene rings is 1. The van der Waals surface area contributed by atoms with Gasteiger partial charge in [0.2, 0.25) is 10.4 Å². The zero-order valence-electron chi connectivity index (χ0n) is 26.0. The number of β-lactam (4-membered cyclic amide) rings is 1. The highest BCUT2D eigenvalue weighted by molar-refractivity contribution is 7.80. The number of Topliss-reactive ketones (excluding diaryl/α,β-unsaturated/α-hetero) is 1. The van der Waals surface area contributed by atoms with E-state index >= 15 is 0 Å². The first-order chi connectivity index (χ1) is 22.5. The van der Waals surface area contributed by atoms with Gasteiger partial charge in [-0.15, -0.1) is 0 Å². The van der Waals surface area contributed by atoms with E-state index in [4.69, 9.17) is 32.6 Å². The molecule has 3 aromatic rings. The third-order valence-corrected chi connectivity index (χ3v) is 8.95. The molecule has 1 aliphatic heterocycles. The Bertz CT molecular complexity index is 1830. The summed E-state index contributed by atoms with van der Waals surface area (Å²) < 4.78 is 44.9. The minimum absolute atomic E-state index is 0.0337. The average molecular weight is 725 g/mol. The van der Waals surface area contributed by atoms with Crippen LogP contribution in [0.25, 0.3) is 11.1 Å². The number of aromatic nitrogens is 2. The molecule has 1 amide bonds. The fourth-order valence-corrected chi connectivity index (χ4v) is 6.24. The van der Waals surface area contributed by atoms with Crippen molar-refractivity contribution in [1.29, 1.82) is 0 Å². The van der Waals surface area contributed by atoms with Crippen LogP contribution in [0, 0.1) is 5.92 Å². The molecular weight excluding hydrogens is 692 g/mol. The third-order valence-electron chi connectivity index (χ3n) is 7.53. The highest BCUT2D eigenvalue weighted by Gasteiger charge is 2.57. The number of aliphatic carboxylic acids is 1. The SMILES string of the molecule is C[n+]1cc(-c2ccc(OCC(O/N=C(\C(=O)C[C@@H]3C(=O)N(OS(=O)(=O)[O-])C3(C)C)c3nc(N)sc3Cl)C(=O)O)cc2)ccc1CCCN. The lowest BCUT2D eigenvalue weighted by molar-refractivity contribution is -0.678. The number of hydrogen-bond donors (Lipinski definition) is 3. The molecule has 5 N–H and O–H groups in total. The number of thiazole rings is 1. The lowest BCUT2D eigenvalue weighted by Crippen LogP contribution is -2.68. The summed E-state index contributed by atoms with van der Waals surface area (Å²) in [6.07, 6.45) is 1.47. The Morgan fingerprint density at radius 3 is 2.44 bits per heavy atom. The second-order valence-electron chi connectivity index (χ2n) is 11.2. The van der Waals surface area contributed by atoms with Crippen molar-refractivity contribution in [3.8, 4) is 16.9 Å². The van der Waals surface area contributed by atoms with Crippen LogP contribution in [-0.4, -0.2) is 76.3 Å². The number of ketones is 1. The van der Waals surface area contributed by atoms with Gasteiger partial charge in [0, 0.05) is 24.5 Å². The first-order valence-electron chi connectivity index (χ1n) is 14.3. The predicted molar refractivity (Wildman–Crippen MR) is 171 cm³/mol. The number of oxime groups is 1. The molecule has 0 bridgehead atoms. The Morgan fingerprint density at radius 1 is 1.23 bits per heavy atom. The summed E-state index contributed by atoms with van der Waals surface area (Å²) in [5, 5.41) is 13.9. The lowest BCUT2D eigenvalue weighted by Gasteiger charge is -2.51. The molecule has 1 saturated heterocycles. The smallest absolute Gasteiger partial charge is 0.351 e. The van der Waals surface area contributed by atoms with E-state index in [1.165, 1.54) is 13.8 Å². The average Bonchev–Trinajstić information content (AvgIpc) is 3.35. The van der Waals surface area contributed by atoms with Crippen LogP contribution in [0.3, 0.4) is 0 Å². The van der Waals surface area contributed by atoms with Gasteiger partial charge in [-0.3, -0.25) is 9.59 Å². The Balaban J connectivity index is 1.47. The van der Waals surface area contributed by atoms with Crippen molar-refractivity contribution in [2.24, 2.45) is 23.9 Å².